The van der Waals surface area contributed by atoms with Gasteiger partial charge in [-0.05, 0) is 24.3 Å². The lowest BCUT2D eigenvalue weighted by molar-refractivity contribution is -0.118. The molecule has 6 heteroatoms. The fourth-order valence-corrected chi connectivity index (χ4v) is 2.01. The highest BCUT2D eigenvalue weighted by Crippen LogP contribution is 2.34. The van der Waals surface area contributed by atoms with Gasteiger partial charge in [0.1, 0.15) is 11.4 Å². The number of hydrogen-bond donors (Lipinski definition) is 3. The van der Waals surface area contributed by atoms with Crippen LogP contribution in [-0.2, 0) is 4.79 Å². The number of fused-ring (bicyclic) bond motifs is 1. The summed E-state index contributed by atoms with van der Waals surface area (Å²) >= 11 is 0. The number of para-hydroxylation sites is 2. The third-order valence-corrected chi connectivity index (χ3v) is 2.93. The molecular formula is C15H13N3O3. The first-order valence-electron chi connectivity index (χ1n) is 6.41. The van der Waals surface area contributed by atoms with E-state index in [9.17, 15) is 9.59 Å². The van der Waals surface area contributed by atoms with E-state index in [4.69, 9.17) is 4.74 Å². The predicted octanol–water partition coefficient (Wildman–Crippen LogP) is 2.66. The number of urea groups is 1. The zero-order valence-electron chi connectivity index (χ0n) is 11.1. The largest absolute Gasteiger partial charge is 0.481 e. The van der Waals surface area contributed by atoms with E-state index in [-0.39, 0.29) is 12.5 Å². The van der Waals surface area contributed by atoms with Crippen molar-refractivity contribution in [2.75, 3.05) is 22.6 Å². The molecule has 0 spiro atoms. The van der Waals surface area contributed by atoms with Crippen LogP contribution in [0, 0.1) is 0 Å². The summed E-state index contributed by atoms with van der Waals surface area (Å²) in [7, 11) is 0. The minimum absolute atomic E-state index is 0.0212. The molecule has 106 valence electrons. The van der Waals surface area contributed by atoms with Gasteiger partial charge in [-0.2, -0.15) is 0 Å². The number of carbonyl (C=O) groups excluding carboxylic acids is 2. The maximum Gasteiger partial charge on any atom is 0.323 e. The van der Waals surface area contributed by atoms with Crippen molar-refractivity contribution in [2.24, 2.45) is 0 Å². The molecular weight excluding hydrogens is 270 g/mol. The number of hydrogen-bond acceptors (Lipinski definition) is 3. The molecule has 0 unspecified atom stereocenters. The van der Waals surface area contributed by atoms with Crippen molar-refractivity contribution >= 4 is 29.0 Å². The van der Waals surface area contributed by atoms with Crippen molar-refractivity contribution in [2.45, 2.75) is 0 Å². The van der Waals surface area contributed by atoms with Crippen LogP contribution < -0.4 is 20.7 Å². The minimum Gasteiger partial charge on any atom is -0.481 e. The van der Waals surface area contributed by atoms with E-state index >= 15 is 0 Å². The number of nitrogens with one attached hydrogen (secondary N) is 3. The Morgan fingerprint density at radius 2 is 1.86 bits per heavy atom. The Kier molecular flexibility index (Phi) is 3.42. The smallest absolute Gasteiger partial charge is 0.323 e. The molecule has 0 bridgehead atoms. The van der Waals surface area contributed by atoms with Gasteiger partial charge >= 0.3 is 6.03 Å². The number of benzene rings is 2. The lowest BCUT2D eigenvalue weighted by atomic mass is 10.2. The number of amides is 3. The number of ether oxygens (including phenoxy) is 1. The number of rotatable bonds is 2. The summed E-state index contributed by atoms with van der Waals surface area (Å²) < 4.78 is 5.29. The fourth-order valence-electron chi connectivity index (χ4n) is 2.01. The van der Waals surface area contributed by atoms with Gasteiger partial charge in [0.2, 0.25) is 0 Å². The summed E-state index contributed by atoms with van der Waals surface area (Å²) in [5, 5.41) is 8.09. The molecule has 0 saturated heterocycles. The average molecular weight is 283 g/mol. The quantitative estimate of drug-likeness (QED) is 0.792. The second-order valence-electron chi connectivity index (χ2n) is 4.46. The van der Waals surface area contributed by atoms with E-state index in [1.165, 1.54) is 0 Å². The molecule has 3 N–H and O–H groups in total. The SMILES string of the molecule is O=C1COc2cccc(NC(=O)Nc3ccccc3)c2N1. The lowest BCUT2D eigenvalue weighted by Gasteiger charge is -2.20. The first kappa shape index (κ1) is 13.0. The molecule has 1 heterocycles. The second kappa shape index (κ2) is 5.54. The van der Waals surface area contributed by atoms with Gasteiger partial charge in [0.05, 0.1) is 5.69 Å². The molecule has 0 saturated carbocycles. The van der Waals surface area contributed by atoms with E-state index in [1.807, 2.05) is 18.2 Å². The molecule has 0 fully saturated rings. The van der Waals surface area contributed by atoms with Crippen molar-refractivity contribution in [1.82, 2.24) is 0 Å². The Morgan fingerprint density at radius 1 is 1.05 bits per heavy atom. The molecule has 0 aliphatic carbocycles. The maximum absolute atomic E-state index is 12.0. The summed E-state index contributed by atoms with van der Waals surface area (Å²) in [5.41, 5.74) is 1.63. The van der Waals surface area contributed by atoms with Gasteiger partial charge in [-0.3, -0.25) is 4.79 Å². The highest BCUT2D eigenvalue weighted by atomic mass is 16.5. The fraction of sp³-hybridized carbons (Fsp3) is 0.0667. The van der Waals surface area contributed by atoms with E-state index < -0.39 is 6.03 Å². The van der Waals surface area contributed by atoms with E-state index in [2.05, 4.69) is 16.0 Å². The zero-order valence-corrected chi connectivity index (χ0v) is 11.1. The van der Waals surface area contributed by atoms with Crippen LogP contribution in [0.1, 0.15) is 0 Å². The van der Waals surface area contributed by atoms with Gasteiger partial charge in [-0.15, -0.1) is 0 Å². The topological polar surface area (TPSA) is 79.5 Å². The molecule has 0 radical (unpaired) electrons. The van der Waals surface area contributed by atoms with Gasteiger partial charge in [0.25, 0.3) is 5.91 Å². The Hall–Kier alpha value is -3.02. The summed E-state index contributed by atoms with van der Waals surface area (Å²) in [4.78, 5) is 23.4. The molecule has 2 aromatic carbocycles. The van der Waals surface area contributed by atoms with Crippen molar-refractivity contribution in [3.63, 3.8) is 0 Å². The number of anilines is 3. The van der Waals surface area contributed by atoms with Crippen molar-refractivity contribution in [3.8, 4) is 5.75 Å². The molecule has 1 aliphatic rings. The molecule has 1 aliphatic heterocycles. The molecule has 0 atom stereocenters. The molecule has 3 amide bonds. The van der Waals surface area contributed by atoms with Crippen LogP contribution in [0.15, 0.2) is 48.5 Å². The van der Waals surface area contributed by atoms with Crippen molar-refractivity contribution in [3.05, 3.63) is 48.5 Å². The van der Waals surface area contributed by atoms with Crippen LogP contribution in [0.25, 0.3) is 0 Å². The first-order chi connectivity index (χ1) is 10.2. The summed E-state index contributed by atoms with van der Waals surface area (Å²) in [6.07, 6.45) is 0. The van der Waals surface area contributed by atoms with Crippen LogP contribution in [0.2, 0.25) is 0 Å². The third-order valence-electron chi connectivity index (χ3n) is 2.93. The highest BCUT2D eigenvalue weighted by molar-refractivity contribution is 6.06. The van der Waals surface area contributed by atoms with Gasteiger partial charge in [-0.25, -0.2) is 4.79 Å². The van der Waals surface area contributed by atoms with Crippen LogP contribution in [0.4, 0.5) is 21.9 Å². The van der Waals surface area contributed by atoms with Gasteiger partial charge in [0, 0.05) is 5.69 Å². The molecule has 0 aromatic heterocycles. The van der Waals surface area contributed by atoms with Crippen molar-refractivity contribution in [1.29, 1.82) is 0 Å². The molecule has 6 nitrogen and oxygen atoms in total. The van der Waals surface area contributed by atoms with Gasteiger partial charge in [0.15, 0.2) is 6.61 Å². The van der Waals surface area contributed by atoms with Crippen LogP contribution >= 0.6 is 0 Å². The molecule has 21 heavy (non-hydrogen) atoms. The Labute approximate surface area is 121 Å². The summed E-state index contributed by atoms with van der Waals surface area (Å²) in [6, 6.07) is 13.9. The van der Waals surface area contributed by atoms with E-state index in [0.717, 1.165) is 0 Å². The second-order valence-corrected chi connectivity index (χ2v) is 4.46. The van der Waals surface area contributed by atoms with E-state index in [1.54, 1.807) is 30.3 Å². The normalized spacial score (nSPS) is 12.7. The average Bonchev–Trinajstić information content (AvgIpc) is 2.49. The minimum atomic E-state index is -0.394. The van der Waals surface area contributed by atoms with Crippen molar-refractivity contribution < 1.29 is 14.3 Å². The van der Waals surface area contributed by atoms with Crippen LogP contribution in [0.3, 0.4) is 0 Å². The monoisotopic (exact) mass is 283 g/mol. The summed E-state index contributed by atoms with van der Waals surface area (Å²) in [5.74, 6) is 0.285. The van der Waals surface area contributed by atoms with E-state index in [0.29, 0.717) is 22.8 Å². The standard InChI is InChI=1S/C15H13N3O3/c19-13-9-21-12-8-4-7-11(14(12)18-13)17-15(20)16-10-5-2-1-3-6-10/h1-8H,9H2,(H,18,19)(H2,16,17,20). The Morgan fingerprint density at radius 3 is 2.67 bits per heavy atom. The van der Waals surface area contributed by atoms with Crippen LogP contribution in [-0.4, -0.2) is 18.5 Å². The Balaban J connectivity index is 1.76. The Bertz CT molecular complexity index is 686. The number of carbonyl (C=O) groups is 2. The zero-order chi connectivity index (χ0) is 14.7. The molecule has 2 aromatic rings. The first-order valence-corrected chi connectivity index (χ1v) is 6.41. The predicted molar refractivity (Wildman–Crippen MR) is 79.7 cm³/mol. The van der Waals surface area contributed by atoms with Gasteiger partial charge in [-0.1, -0.05) is 24.3 Å². The van der Waals surface area contributed by atoms with Crippen LogP contribution in [0.5, 0.6) is 5.75 Å². The lowest BCUT2D eigenvalue weighted by Crippen LogP contribution is -2.27. The van der Waals surface area contributed by atoms with Gasteiger partial charge < -0.3 is 20.7 Å². The highest BCUT2D eigenvalue weighted by Gasteiger charge is 2.19. The third kappa shape index (κ3) is 2.94. The summed E-state index contributed by atoms with van der Waals surface area (Å²) in [6.45, 7) is -0.0212. The maximum atomic E-state index is 12.0. The molecule has 3 rings (SSSR count).